The Morgan fingerprint density at radius 2 is 2.10 bits per heavy atom. The summed E-state index contributed by atoms with van der Waals surface area (Å²) in [4.78, 5) is 23.1. The van der Waals surface area contributed by atoms with Gasteiger partial charge in [-0.25, -0.2) is 0 Å². The highest BCUT2D eigenvalue weighted by molar-refractivity contribution is 5.97. The van der Waals surface area contributed by atoms with Gasteiger partial charge in [0.15, 0.2) is 0 Å². The van der Waals surface area contributed by atoms with Gasteiger partial charge in [-0.15, -0.1) is 0 Å². The van der Waals surface area contributed by atoms with Crippen molar-refractivity contribution < 1.29 is 19.2 Å². The summed E-state index contributed by atoms with van der Waals surface area (Å²) < 4.78 is 11.5. The molecule has 3 rings (SSSR count). The molecule has 2 N–H and O–H groups in total. The van der Waals surface area contributed by atoms with Crippen molar-refractivity contribution in [3.8, 4) is 0 Å². The molecule has 2 aromatic carbocycles. The van der Waals surface area contributed by atoms with E-state index in [0.717, 1.165) is 30.7 Å². The molecule has 0 aliphatic carbocycles. The minimum atomic E-state index is -0.586. The van der Waals surface area contributed by atoms with Gasteiger partial charge in [0.25, 0.3) is 5.69 Å². The monoisotopic (exact) mass is 413 g/mol. The topological polar surface area (TPSA) is 103 Å². The third-order valence-corrected chi connectivity index (χ3v) is 4.91. The van der Waals surface area contributed by atoms with E-state index >= 15 is 0 Å². The minimum Gasteiger partial charge on any atom is -0.376 e. The van der Waals surface area contributed by atoms with E-state index < -0.39 is 11.0 Å². The zero-order valence-electron chi connectivity index (χ0n) is 17.0. The second-order valence-electron chi connectivity index (χ2n) is 7.33. The van der Waals surface area contributed by atoms with Crippen molar-refractivity contribution in [2.75, 3.05) is 23.8 Å². The maximum absolute atomic E-state index is 12.5. The Balaban J connectivity index is 1.52. The number of nitro benzene ring substituents is 1. The second-order valence-corrected chi connectivity index (χ2v) is 7.33. The molecule has 1 saturated heterocycles. The molecule has 1 aliphatic rings. The zero-order chi connectivity index (χ0) is 21.3. The van der Waals surface area contributed by atoms with Crippen molar-refractivity contribution in [2.24, 2.45) is 0 Å². The van der Waals surface area contributed by atoms with E-state index in [9.17, 15) is 14.9 Å². The van der Waals surface area contributed by atoms with Crippen molar-refractivity contribution >= 4 is 23.0 Å². The van der Waals surface area contributed by atoms with E-state index in [1.165, 1.54) is 18.6 Å². The molecule has 8 nitrogen and oxygen atoms in total. The molecule has 0 bridgehead atoms. The number of nitrogens with one attached hydrogen (secondary N) is 2. The summed E-state index contributed by atoms with van der Waals surface area (Å²) in [6.07, 6.45) is 3.51. The number of hydrogen-bond donors (Lipinski definition) is 2. The standard InChI is InChI=1S/C22H27N3O5/c1-16(22(26)24-20-10-2-3-11-21(20)25(27)28)23-18-8-6-7-17(13-18)14-29-15-19-9-4-5-12-30-19/h2-3,6-8,10-11,13,16,19,23H,4-5,9,12,14-15H2,1H3,(H,24,26). The van der Waals surface area contributed by atoms with Crippen LogP contribution in [-0.2, 0) is 20.9 Å². The summed E-state index contributed by atoms with van der Waals surface area (Å²) in [7, 11) is 0. The Labute approximate surface area is 175 Å². The van der Waals surface area contributed by atoms with E-state index in [4.69, 9.17) is 9.47 Å². The van der Waals surface area contributed by atoms with Gasteiger partial charge in [-0.3, -0.25) is 14.9 Å². The molecule has 1 fully saturated rings. The lowest BCUT2D eigenvalue weighted by molar-refractivity contribution is -0.383. The molecule has 8 heteroatoms. The number of anilines is 2. The lowest BCUT2D eigenvalue weighted by atomic mass is 10.1. The number of benzene rings is 2. The Morgan fingerprint density at radius 3 is 2.87 bits per heavy atom. The number of nitrogens with zero attached hydrogens (tertiary/aromatic N) is 1. The quantitative estimate of drug-likeness (QED) is 0.474. The molecular formula is C22H27N3O5. The van der Waals surface area contributed by atoms with Crippen LogP contribution in [0.25, 0.3) is 0 Å². The highest BCUT2D eigenvalue weighted by Crippen LogP contribution is 2.23. The normalized spacial score (nSPS) is 17.2. The van der Waals surface area contributed by atoms with Crippen molar-refractivity contribution in [3.05, 3.63) is 64.2 Å². The predicted octanol–water partition coefficient (Wildman–Crippen LogP) is 4.12. The molecule has 160 valence electrons. The lowest BCUT2D eigenvalue weighted by Gasteiger charge is -2.22. The molecule has 2 atom stereocenters. The molecule has 1 aliphatic heterocycles. The van der Waals surface area contributed by atoms with Gasteiger partial charge in [0.05, 0.1) is 24.2 Å². The Bertz CT molecular complexity index is 867. The van der Waals surface area contributed by atoms with Gasteiger partial charge in [0, 0.05) is 18.4 Å². The lowest BCUT2D eigenvalue weighted by Crippen LogP contribution is -2.32. The van der Waals surface area contributed by atoms with Gasteiger partial charge >= 0.3 is 0 Å². The molecule has 0 saturated carbocycles. The van der Waals surface area contributed by atoms with Gasteiger partial charge in [0.2, 0.25) is 5.91 Å². The number of carbonyl (C=O) groups excluding carboxylic acids is 1. The Morgan fingerprint density at radius 1 is 1.27 bits per heavy atom. The van der Waals surface area contributed by atoms with Gasteiger partial charge in [-0.2, -0.15) is 0 Å². The SMILES string of the molecule is CC(Nc1cccc(COCC2CCCCO2)c1)C(=O)Nc1ccccc1[N+](=O)[O-]. The number of ether oxygens (including phenoxy) is 2. The first-order valence-electron chi connectivity index (χ1n) is 10.1. The third kappa shape index (κ3) is 6.27. The maximum Gasteiger partial charge on any atom is 0.292 e. The maximum atomic E-state index is 12.5. The number of amides is 1. The van der Waals surface area contributed by atoms with Crippen molar-refractivity contribution in [3.63, 3.8) is 0 Å². The van der Waals surface area contributed by atoms with E-state index in [0.29, 0.717) is 13.2 Å². The van der Waals surface area contributed by atoms with Gasteiger partial charge in [0.1, 0.15) is 11.7 Å². The molecule has 30 heavy (non-hydrogen) atoms. The molecule has 1 amide bonds. The highest BCUT2D eigenvalue weighted by Gasteiger charge is 2.19. The van der Waals surface area contributed by atoms with Gasteiger partial charge in [-0.1, -0.05) is 24.3 Å². The van der Waals surface area contributed by atoms with Crippen LogP contribution >= 0.6 is 0 Å². The Hall–Kier alpha value is -2.97. The molecule has 0 spiro atoms. The average molecular weight is 413 g/mol. The van der Waals surface area contributed by atoms with Crippen LogP contribution < -0.4 is 10.6 Å². The number of para-hydroxylation sites is 2. The summed E-state index contributed by atoms with van der Waals surface area (Å²) >= 11 is 0. The first kappa shape index (κ1) is 21.7. The summed E-state index contributed by atoms with van der Waals surface area (Å²) in [5.74, 6) is -0.361. The van der Waals surface area contributed by atoms with E-state index in [2.05, 4.69) is 10.6 Å². The first-order chi connectivity index (χ1) is 14.5. The molecule has 0 aromatic heterocycles. The van der Waals surface area contributed by atoms with Crippen LogP contribution in [0.3, 0.4) is 0 Å². The largest absolute Gasteiger partial charge is 0.376 e. The van der Waals surface area contributed by atoms with E-state index in [1.807, 2.05) is 24.3 Å². The average Bonchev–Trinajstić information content (AvgIpc) is 2.75. The van der Waals surface area contributed by atoms with Gasteiger partial charge < -0.3 is 20.1 Å². The third-order valence-electron chi connectivity index (χ3n) is 4.91. The predicted molar refractivity (Wildman–Crippen MR) is 114 cm³/mol. The summed E-state index contributed by atoms with van der Waals surface area (Å²) in [6.45, 7) is 3.55. The zero-order valence-corrected chi connectivity index (χ0v) is 17.0. The number of hydrogen-bond acceptors (Lipinski definition) is 6. The van der Waals surface area contributed by atoms with Crippen molar-refractivity contribution in [1.82, 2.24) is 0 Å². The molecule has 2 unspecified atom stereocenters. The number of rotatable bonds is 9. The molecule has 0 radical (unpaired) electrons. The van der Waals surface area contributed by atoms with Crippen LogP contribution in [0, 0.1) is 10.1 Å². The van der Waals surface area contributed by atoms with Crippen LogP contribution in [0.2, 0.25) is 0 Å². The van der Waals surface area contributed by atoms with Crippen molar-refractivity contribution in [1.29, 1.82) is 0 Å². The van der Waals surface area contributed by atoms with Crippen LogP contribution in [0.15, 0.2) is 48.5 Å². The minimum absolute atomic E-state index is 0.140. The van der Waals surface area contributed by atoms with Crippen LogP contribution in [-0.4, -0.2) is 36.2 Å². The van der Waals surface area contributed by atoms with Gasteiger partial charge in [-0.05, 0) is 49.9 Å². The fraction of sp³-hybridized carbons (Fsp3) is 0.409. The first-order valence-corrected chi connectivity index (χ1v) is 10.1. The van der Waals surface area contributed by atoms with Crippen molar-refractivity contribution in [2.45, 2.75) is 44.9 Å². The molecular weight excluding hydrogens is 386 g/mol. The fourth-order valence-corrected chi connectivity index (χ4v) is 3.29. The smallest absolute Gasteiger partial charge is 0.292 e. The number of carbonyl (C=O) groups is 1. The molecule has 1 heterocycles. The summed E-state index contributed by atoms with van der Waals surface area (Å²) in [6, 6.07) is 13.1. The van der Waals surface area contributed by atoms with Crippen LogP contribution in [0.5, 0.6) is 0 Å². The molecule has 2 aromatic rings. The number of nitro groups is 1. The van der Waals surface area contributed by atoms with E-state index in [1.54, 1.807) is 19.1 Å². The fourth-order valence-electron chi connectivity index (χ4n) is 3.29. The second kappa shape index (κ2) is 10.7. The van der Waals surface area contributed by atoms with E-state index in [-0.39, 0.29) is 23.4 Å². The highest BCUT2D eigenvalue weighted by atomic mass is 16.6. The van der Waals surface area contributed by atoms with Crippen LogP contribution in [0.4, 0.5) is 17.1 Å². The van der Waals surface area contributed by atoms with Crippen LogP contribution in [0.1, 0.15) is 31.7 Å². The summed E-state index contributed by atoms with van der Waals surface area (Å²) in [5.41, 5.74) is 1.80. The Kier molecular flexibility index (Phi) is 7.75. The summed E-state index contributed by atoms with van der Waals surface area (Å²) in [5, 5.41) is 16.9.